The maximum absolute atomic E-state index is 10.5. The van der Waals surface area contributed by atoms with Crippen LogP contribution in [0, 0.1) is 0 Å². The van der Waals surface area contributed by atoms with Crippen LogP contribution < -0.4 is 15.4 Å². The third kappa shape index (κ3) is 10.2. The van der Waals surface area contributed by atoms with E-state index in [0.29, 0.717) is 18.5 Å². The van der Waals surface area contributed by atoms with Crippen LogP contribution in [0.4, 0.5) is 5.69 Å². The van der Waals surface area contributed by atoms with Gasteiger partial charge in [0.25, 0.3) is 0 Å². The summed E-state index contributed by atoms with van der Waals surface area (Å²) in [6.45, 7) is 2.41. The van der Waals surface area contributed by atoms with Gasteiger partial charge in [-0.3, -0.25) is 13.9 Å². The van der Waals surface area contributed by atoms with Crippen LogP contribution in [0.5, 0.6) is 11.5 Å². The fourth-order valence-corrected chi connectivity index (χ4v) is 2.56. The Morgan fingerprint density at radius 3 is 2.27 bits per heavy atom. The van der Waals surface area contributed by atoms with Crippen LogP contribution in [-0.2, 0) is 21.6 Å². The van der Waals surface area contributed by atoms with E-state index < -0.39 is 16.5 Å². The van der Waals surface area contributed by atoms with Crippen molar-refractivity contribution in [3.8, 4) is 11.5 Å². The second kappa shape index (κ2) is 12.1. The van der Waals surface area contributed by atoms with Crippen molar-refractivity contribution in [2.24, 2.45) is 0 Å². The van der Waals surface area contributed by atoms with E-state index in [1.54, 1.807) is 19.2 Å². The highest BCUT2D eigenvalue weighted by molar-refractivity contribution is 7.79. The molecule has 0 aliphatic heterocycles. The zero-order valence-corrected chi connectivity index (χ0v) is 17.3. The van der Waals surface area contributed by atoms with Crippen molar-refractivity contribution in [2.75, 3.05) is 19.0 Å². The number of carbonyl (C=O) groups is 1. The standard InChI is InChI=1S/C19H24N2O4.H2O4S/c1-13(9-14-3-6-16(25-2)7-4-14)20-11-19(24)15-5-8-18(23)17(10-15)21-12-22;1-5(2,3)4/h3-8,10,12-13,19-20,23-24H,9,11H2,1-2H3,(H,21,22);(H2,1,2,3,4). The highest BCUT2D eigenvalue weighted by Gasteiger charge is 2.12. The van der Waals surface area contributed by atoms with Crippen LogP contribution in [0.25, 0.3) is 0 Å². The fraction of sp³-hybridized carbons (Fsp3) is 0.316. The number of benzene rings is 2. The van der Waals surface area contributed by atoms with Gasteiger partial charge >= 0.3 is 10.4 Å². The highest BCUT2D eigenvalue weighted by atomic mass is 32.3. The monoisotopic (exact) mass is 442 g/mol. The molecule has 11 heteroatoms. The first kappa shape index (κ1) is 25.3. The number of anilines is 1. The van der Waals surface area contributed by atoms with Gasteiger partial charge in [-0.05, 0) is 48.7 Å². The molecule has 0 aliphatic rings. The van der Waals surface area contributed by atoms with E-state index in [9.17, 15) is 15.0 Å². The SMILES string of the molecule is COc1ccc(CC(C)NCC(O)c2ccc(O)c(NC=O)c2)cc1.O=S(=O)(O)O. The minimum Gasteiger partial charge on any atom is -0.506 e. The molecule has 0 saturated heterocycles. The van der Waals surface area contributed by atoms with Gasteiger partial charge < -0.3 is 25.6 Å². The van der Waals surface area contributed by atoms with Crippen molar-refractivity contribution in [3.63, 3.8) is 0 Å². The van der Waals surface area contributed by atoms with Crippen molar-refractivity contribution < 1.29 is 37.3 Å². The number of hydrogen-bond donors (Lipinski definition) is 6. The molecule has 0 heterocycles. The lowest BCUT2D eigenvalue weighted by Gasteiger charge is -2.18. The molecule has 1 amide bonds. The second-order valence-corrected chi connectivity index (χ2v) is 7.26. The number of carbonyl (C=O) groups excluding carboxylic acids is 1. The molecular weight excluding hydrogens is 416 g/mol. The third-order valence-electron chi connectivity index (χ3n) is 3.98. The van der Waals surface area contributed by atoms with Crippen LogP contribution in [-0.4, -0.2) is 53.8 Å². The molecule has 0 aliphatic carbocycles. The first-order valence-corrected chi connectivity index (χ1v) is 10.2. The van der Waals surface area contributed by atoms with Gasteiger partial charge in [-0.15, -0.1) is 0 Å². The molecule has 30 heavy (non-hydrogen) atoms. The Balaban J connectivity index is 0.000000804. The minimum atomic E-state index is -4.67. The molecule has 0 fully saturated rings. The fourth-order valence-electron chi connectivity index (χ4n) is 2.56. The van der Waals surface area contributed by atoms with Crippen molar-refractivity contribution in [2.45, 2.75) is 25.5 Å². The van der Waals surface area contributed by atoms with E-state index in [2.05, 4.69) is 10.6 Å². The molecular formula is C19H26N2O8S. The summed E-state index contributed by atoms with van der Waals surface area (Å²) in [6.07, 6.45) is 0.566. The minimum absolute atomic E-state index is 0.0381. The molecule has 0 saturated carbocycles. The van der Waals surface area contributed by atoms with Crippen LogP contribution in [0.3, 0.4) is 0 Å². The largest absolute Gasteiger partial charge is 0.506 e. The molecule has 0 spiro atoms. The Kier molecular flexibility index (Phi) is 10.2. The van der Waals surface area contributed by atoms with Crippen LogP contribution >= 0.6 is 0 Å². The van der Waals surface area contributed by atoms with Crippen molar-refractivity contribution >= 4 is 22.5 Å². The number of phenolic OH excluding ortho intramolecular Hbond substituents is 1. The zero-order chi connectivity index (χ0) is 22.7. The number of amides is 1. The molecule has 0 bridgehead atoms. The highest BCUT2D eigenvalue weighted by Crippen LogP contribution is 2.26. The first-order chi connectivity index (χ1) is 14.0. The molecule has 2 rings (SSSR count). The lowest BCUT2D eigenvalue weighted by atomic mass is 10.1. The molecule has 0 radical (unpaired) electrons. The van der Waals surface area contributed by atoms with Gasteiger partial charge in [0, 0.05) is 12.6 Å². The van der Waals surface area contributed by atoms with E-state index in [4.69, 9.17) is 22.3 Å². The quantitative estimate of drug-likeness (QED) is 0.192. The van der Waals surface area contributed by atoms with Gasteiger partial charge in [-0.2, -0.15) is 8.42 Å². The third-order valence-corrected chi connectivity index (χ3v) is 3.98. The maximum atomic E-state index is 10.5. The molecule has 10 nitrogen and oxygen atoms in total. The van der Waals surface area contributed by atoms with Gasteiger partial charge in [0.05, 0.1) is 18.9 Å². The molecule has 2 aromatic rings. The number of aliphatic hydroxyl groups is 1. The second-order valence-electron chi connectivity index (χ2n) is 6.36. The number of methoxy groups -OCH3 is 1. The summed E-state index contributed by atoms with van der Waals surface area (Å²) in [5, 5.41) is 25.6. The van der Waals surface area contributed by atoms with Crippen LogP contribution in [0.2, 0.25) is 0 Å². The number of hydrogen-bond acceptors (Lipinski definition) is 7. The number of rotatable bonds is 9. The van der Waals surface area contributed by atoms with E-state index in [1.807, 2.05) is 31.2 Å². The van der Waals surface area contributed by atoms with Gasteiger partial charge in [-0.1, -0.05) is 18.2 Å². The Labute approximate surface area is 175 Å². The average molecular weight is 442 g/mol. The summed E-state index contributed by atoms with van der Waals surface area (Å²) < 4.78 is 36.7. The lowest BCUT2D eigenvalue weighted by Crippen LogP contribution is -2.32. The van der Waals surface area contributed by atoms with Crippen LogP contribution in [0.1, 0.15) is 24.2 Å². The van der Waals surface area contributed by atoms with E-state index >= 15 is 0 Å². The summed E-state index contributed by atoms with van der Waals surface area (Å²) in [5.74, 6) is 0.788. The number of nitrogens with one attached hydrogen (secondary N) is 2. The number of aromatic hydroxyl groups is 1. The topological polar surface area (TPSA) is 165 Å². The summed E-state index contributed by atoms with van der Waals surface area (Å²) in [7, 11) is -3.03. The summed E-state index contributed by atoms with van der Waals surface area (Å²) >= 11 is 0. The Hall–Kier alpha value is -2.70. The Morgan fingerprint density at radius 2 is 1.73 bits per heavy atom. The predicted octanol–water partition coefficient (Wildman–Crippen LogP) is 1.57. The molecule has 2 aromatic carbocycles. The zero-order valence-electron chi connectivity index (χ0n) is 16.5. The van der Waals surface area contributed by atoms with Gasteiger partial charge in [0.1, 0.15) is 11.5 Å². The van der Waals surface area contributed by atoms with Crippen molar-refractivity contribution in [3.05, 3.63) is 53.6 Å². The van der Waals surface area contributed by atoms with E-state index in [0.717, 1.165) is 12.2 Å². The smallest absolute Gasteiger partial charge is 0.394 e. The van der Waals surface area contributed by atoms with E-state index in [-0.39, 0.29) is 17.5 Å². The molecule has 0 aromatic heterocycles. The number of aliphatic hydroxyl groups excluding tert-OH is 1. The van der Waals surface area contributed by atoms with E-state index in [1.165, 1.54) is 11.6 Å². The molecule has 2 unspecified atom stereocenters. The average Bonchev–Trinajstić information content (AvgIpc) is 2.67. The number of phenols is 1. The van der Waals surface area contributed by atoms with Gasteiger partial charge in [0.15, 0.2) is 0 Å². The number of ether oxygens (including phenoxy) is 1. The predicted molar refractivity (Wildman–Crippen MR) is 111 cm³/mol. The molecule has 2 atom stereocenters. The summed E-state index contributed by atoms with van der Waals surface area (Å²) in [5.41, 5.74) is 2.07. The summed E-state index contributed by atoms with van der Waals surface area (Å²) in [4.78, 5) is 10.5. The van der Waals surface area contributed by atoms with Crippen molar-refractivity contribution in [1.82, 2.24) is 5.32 Å². The normalized spacial score (nSPS) is 12.8. The van der Waals surface area contributed by atoms with Crippen molar-refractivity contribution in [1.29, 1.82) is 0 Å². The summed E-state index contributed by atoms with van der Waals surface area (Å²) in [6, 6.07) is 12.7. The lowest BCUT2D eigenvalue weighted by molar-refractivity contribution is -0.105. The first-order valence-electron chi connectivity index (χ1n) is 8.80. The maximum Gasteiger partial charge on any atom is 0.394 e. The molecule has 166 valence electrons. The van der Waals surface area contributed by atoms with Gasteiger partial charge in [0.2, 0.25) is 6.41 Å². The van der Waals surface area contributed by atoms with Gasteiger partial charge in [-0.25, -0.2) is 0 Å². The molecule has 6 N–H and O–H groups in total. The van der Waals surface area contributed by atoms with Crippen LogP contribution in [0.15, 0.2) is 42.5 Å². The Bertz CT molecular complexity index is 895. The Morgan fingerprint density at radius 1 is 1.13 bits per heavy atom.